The summed E-state index contributed by atoms with van der Waals surface area (Å²) in [5.41, 5.74) is 0. The van der Waals surface area contributed by atoms with Gasteiger partial charge in [-0.1, -0.05) is 333 Å². The van der Waals surface area contributed by atoms with E-state index in [1.54, 1.807) is 0 Å². The lowest BCUT2D eigenvalue weighted by Crippen LogP contribution is -2.40. The van der Waals surface area contributed by atoms with Crippen molar-refractivity contribution in [2.45, 2.75) is 373 Å². The molecule has 0 heterocycles. The average molecular weight is 1170 g/mol. The van der Waals surface area contributed by atoms with E-state index in [4.69, 9.17) is 18.9 Å². The van der Waals surface area contributed by atoms with Crippen LogP contribution in [0.25, 0.3) is 0 Å². The summed E-state index contributed by atoms with van der Waals surface area (Å²) in [6.45, 7) is 4.93. The fourth-order valence-electron chi connectivity index (χ4n) is 10.8. The molecule has 2 atom stereocenters. The molecule has 0 amide bonds. The second-order valence-electron chi connectivity index (χ2n) is 25.9. The highest BCUT2D eigenvalue weighted by atomic mass is 16.7. The molecule has 2 unspecified atom stereocenters. The van der Waals surface area contributed by atoms with E-state index < -0.39 is 18.4 Å². The van der Waals surface area contributed by atoms with E-state index in [1.807, 2.05) is 21.1 Å². The molecule has 0 bridgehead atoms. The van der Waals surface area contributed by atoms with Gasteiger partial charge in [-0.2, -0.15) is 0 Å². The Morgan fingerprint density at radius 2 is 0.651 bits per heavy atom. The third-order valence-corrected chi connectivity index (χ3v) is 16.4. The largest absolute Gasteiger partial charge is 0.477 e. The lowest BCUT2D eigenvalue weighted by atomic mass is 10.0. The molecule has 9 heteroatoms. The van der Waals surface area contributed by atoms with Gasteiger partial charge in [0.25, 0.3) is 6.29 Å². The maximum Gasteiger partial charge on any atom is 0.361 e. The molecule has 0 aromatic rings. The third kappa shape index (κ3) is 66.9. The number of carbonyl (C=O) groups excluding carboxylic acids is 2. The summed E-state index contributed by atoms with van der Waals surface area (Å²) >= 11 is 0. The van der Waals surface area contributed by atoms with E-state index >= 15 is 0 Å². The maximum atomic E-state index is 12.9. The first-order chi connectivity index (χ1) is 40.6. The van der Waals surface area contributed by atoms with Gasteiger partial charge >= 0.3 is 17.9 Å². The Morgan fingerprint density at radius 1 is 0.361 bits per heavy atom. The molecule has 0 radical (unpaired) electrons. The molecular formula is C74H140NO8+. The van der Waals surface area contributed by atoms with Crippen molar-refractivity contribution < 1.29 is 42.9 Å². The van der Waals surface area contributed by atoms with E-state index in [-0.39, 0.29) is 38.2 Å². The third-order valence-electron chi connectivity index (χ3n) is 16.4. The quantitative estimate of drug-likeness (QED) is 0.0211. The number of ether oxygens (including phenoxy) is 4. The molecular weight excluding hydrogens is 1030 g/mol. The highest BCUT2D eigenvalue weighted by molar-refractivity contribution is 5.71. The van der Waals surface area contributed by atoms with Crippen LogP contribution in [0.1, 0.15) is 361 Å². The predicted octanol–water partition coefficient (Wildman–Crippen LogP) is 22.4. The SMILES string of the molecule is CCCCCCC/C=C\C/C=C\C/C=C\CCCCCCCCCCCCCCCCCCCCCCCCCCC(=O)OC(COC(=O)CCCCCCCCCCCCCCCCCCCCC)COC(OCC[N+](C)(C)C)C(=O)O. The predicted molar refractivity (Wildman–Crippen MR) is 355 cm³/mol. The minimum absolute atomic E-state index is 0.175. The first kappa shape index (κ1) is 80.5. The van der Waals surface area contributed by atoms with Crippen LogP contribution in [0.15, 0.2) is 36.5 Å². The van der Waals surface area contributed by atoms with Crippen molar-refractivity contribution in [2.24, 2.45) is 0 Å². The molecule has 0 rings (SSSR count). The van der Waals surface area contributed by atoms with Gasteiger partial charge in [0.1, 0.15) is 13.2 Å². The molecule has 1 N–H and O–H groups in total. The maximum absolute atomic E-state index is 12.9. The molecule has 0 fully saturated rings. The lowest BCUT2D eigenvalue weighted by molar-refractivity contribution is -0.870. The number of nitrogens with zero attached hydrogens (tertiary/aromatic N) is 1. The first-order valence-corrected chi connectivity index (χ1v) is 36.2. The number of carboxylic acids is 1. The number of unbranched alkanes of at least 4 members (excludes halogenated alkanes) is 47. The van der Waals surface area contributed by atoms with Gasteiger partial charge in [0.2, 0.25) is 0 Å². The second-order valence-corrected chi connectivity index (χ2v) is 25.9. The molecule has 0 saturated heterocycles. The summed E-state index contributed by atoms with van der Waals surface area (Å²) in [6, 6.07) is 0. The highest BCUT2D eigenvalue weighted by Gasteiger charge is 2.25. The van der Waals surface area contributed by atoms with Crippen molar-refractivity contribution in [1.29, 1.82) is 0 Å². The number of rotatable bonds is 68. The van der Waals surface area contributed by atoms with Gasteiger partial charge < -0.3 is 28.5 Å². The zero-order valence-electron chi connectivity index (χ0n) is 55.9. The van der Waals surface area contributed by atoms with Crippen LogP contribution >= 0.6 is 0 Å². The van der Waals surface area contributed by atoms with Gasteiger partial charge in [-0.25, -0.2) is 4.79 Å². The second kappa shape index (κ2) is 65.5. The fraction of sp³-hybridized carbons (Fsp3) is 0.878. The Labute approximate surface area is 515 Å². The normalized spacial score (nSPS) is 12.8. The number of esters is 2. The van der Waals surface area contributed by atoms with E-state index in [1.165, 1.54) is 283 Å². The molecule has 0 aliphatic carbocycles. The van der Waals surface area contributed by atoms with E-state index in [0.717, 1.165) is 51.4 Å². The number of aliphatic carboxylic acids is 1. The molecule has 488 valence electrons. The molecule has 83 heavy (non-hydrogen) atoms. The van der Waals surface area contributed by atoms with Gasteiger partial charge in [-0.05, 0) is 51.4 Å². The summed E-state index contributed by atoms with van der Waals surface area (Å²) in [5, 5.41) is 9.74. The molecule has 0 aromatic carbocycles. The molecule has 0 aromatic heterocycles. The summed E-state index contributed by atoms with van der Waals surface area (Å²) in [4.78, 5) is 37.6. The van der Waals surface area contributed by atoms with Crippen LogP contribution in [0.3, 0.4) is 0 Å². The van der Waals surface area contributed by atoms with E-state index in [9.17, 15) is 19.5 Å². The van der Waals surface area contributed by atoms with Crippen LogP contribution in [0.5, 0.6) is 0 Å². The van der Waals surface area contributed by atoms with Crippen LogP contribution in [-0.4, -0.2) is 87.4 Å². The van der Waals surface area contributed by atoms with Gasteiger partial charge in [-0.3, -0.25) is 9.59 Å². The highest BCUT2D eigenvalue weighted by Crippen LogP contribution is 2.19. The van der Waals surface area contributed by atoms with Crippen LogP contribution in [0, 0.1) is 0 Å². The number of likely N-dealkylation sites (N-methyl/N-ethyl adjacent to an activating group) is 1. The Balaban J connectivity index is 3.96. The number of hydrogen-bond acceptors (Lipinski definition) is 7. The lowest BCUT2D eigenvalue weighted by Gasteiger charge is -2.25. The molecule has 0 aliphatic heterocycles. The van der Waals surface area contributed by atoms with Crippen molar-refractivity contribution in [1.82, 2.24) is 0 Å². The number of allylic oxidation sites excluding steroid dienone is 6. The molecule has 9 nitrogen and oxygen atoms in total. The fourth-order valence-corrected chi connectivity index (χ4v) is 10.8. The van der Waals surface area contributed by atoms with Crippen molar-refractivity contribution in [2.75, 3.05) is 47.5 Å². The minimum Gasteiger partial charge on any atom is -0.477 e. The van der Waals surface area contributed by atoms with Crippen LogP contribution in [0.4, 0.5) is 0 Å². The standard InChI is InChI=1S/C74H139NO8/c1-6-8-10-12-14-16-18-20-22-24-26-27-28-29-30-31-32-33-34-35-36-37-38-39-40-41-42-43-44-45-47-49-51-53-55-57-59-61-63-65-72(77)83-70(69-82-74(73(78)79)80-67-66-75(3,4)5)68-81-71(76)64-62-60-58-56-54-52-50-48-46-25-23-21-19-17-15-13-11-9-7-2/h18,20,24,26,28-29,70,74H,6-17,19,21-23,25,27,30-69H2,1-5H3/p+1/b20-18-,26-24-,29-28-. The number of carbonyl (C=O) groups is 3. The zero-order valence-corrected chi connectivity index (χ0v) is 55.9. The van der Waals surface area contributed by atoms with E-state index in [2.05, 4.69) is 50.3 Å². The van der Waals surface area contributed by atoms with Crippen LogP contribution < -0.4 is 0 Å². The van der Waals surface area contributed by atoms with Gasteiger partial charge in [0.15, 0.2) is 6.10 Å². The Hall–Kier alpha value is -2.49. The smallest absolute Gasteiger partial charge is 0.361 e. The van der Waals surface area contributed by atoms with Crippen LogP contribution in [-0.2, 0) is 33.3 Å². The molecule has 0 saturated carbocycles. The summed E-state index contributed by atoms with van der Waals surface area (Å²) in [7, 11) is 5.99. The van der Waals surface area contributed by atoms with Gasteiger partial charge in [0, 0.05) is 12.8 Å². The molecule has 0 aliphatic rings. The Kier molecular flexibility index (Phi) is 63.5. The van der Waals surface area contributed by atoms with Crippen molar-refractivity contribution in [3.05, 3.63) is 36.5 Å². The van der Waals surface area contributed by atoms with Gasteiger partial charge in [0.05, 0.1) is 34.4 Å². The minimum atomic E-state index is -1.51. The van der Waals surface area contributed by atoms with Crippen molar-refractivity contribution >= 4 is 17.9 Å². The van der Waals surface area contributed by atoms with Crippen molar-refractivity contribution in [3.63, 3.8) is 0 Å². The monoisotopic (exact) mass is 1170 g/mol. The number of quaternary nitrogens is 1. The molecule has 0 spiro atoms. The zero-order chi connectivity index (χ0) is 60.5. The Morgan fingerprint density at radius 3 is 0.964 bits per heavy atom. The topological polar surface area (TPSA) is 108 Å². The first-order valence-electron chi connectivity index (χ1n) is 36.2. The number of hydrogen-bond donors (Lipinski definition) is 1. The van der Waals surface area contributed by atoms with Crippen molar-refractivity contribution in [3.8, 4) is 0 Å². The summed E-state index contributed by atoms with van der Waals surface area (Å²) in [5.74, 6) is -1.97. The van der Waals surface area contributed by atoms with Crippen LogP contribution in [0.2, 0.25) is 0 Å². The Bertz CT molecular complexity index is 1450. The summed E-state index contributed by atoms with van der Waals surface area (Å²) < 4.78 is 23.0. The van der Waals surface area contributed by atoms with Gasteiger partial charge in [-0.15, -0.1) is 0 Å². The number of carboxylic acid groups (broad SMARTS) is 1. The average Bonchev–Trinajstić information content (AvgIpc) is 3.46. The van der Waals surface area contributed by atoms with E-state index in [0.29, 0.717) is 17.4 Å². The summed E-state index contributed by atoms with van der Waals surface area (Å²) in [6.07, 6.45) is 79.9.